The largest absolute Gasteiger partial charge is 0.343 e. The Kier molecular flexibility index (Phi) is 3.88. The van der Waals surface area contributed by atoms with Gasteiger partial charge in [0.2, 0.25) is 0 Å². The van der Waals surface area contributed by atoms with Crippen molar-refractivity contribution in [1.82, 2.24) is 14.7 Å². The molecule has 0 saturated carbocycles. The summed E-state index contributed by atoms with van der Waals surface area (Å²) in [6.07, 6.45) is 3.73. The summed E-state index contributed by atoms with van der Waals surface area (Å²) in [5, 5.41) is 5.09. The number of benzene rings is 1. The van der Waals surface area contributed by atoms with Gasteiger partial charge in [0.1, 0.15) is 12.4 Å². The highest BCUT2D eigenvalue weighted by Gasteiger charge is 2.35. The van der Waals surface area contributed by atoms with Gasteiger partial charge in [0, 0.05) is 24.5 Å². The molecule has 4 rings (SSSR count). The SMILES string of the molecule is Cc1ccc(N2CSC3=N/C(=C/c4cn(C)nc4C)C(=O)N3C2)cc1. The van der Waals surface area contributed by atoms with Crippen LogP contribution >= 0.6 is 11.8 Å². The van der Waals surface area contributed by atoms with E-state index >= 15 is 0 Å². The van der Waals surface area contributed by atoms with Gasteiger partial charge in [0.15, 0.2) is 5.17 Å². The van der Waals surface area contributed by atoms with Crippen LogP contribution in [0.2, 0.25) is 0 Å². The van der Waals surface area contributed by atoms with Gasteiger partial charge in [-0.15, -0.1) is 0 Å². The predicted molar refractivity (Wildman–Crippen MR) is 101 cm³/mol. The Hall–Kier alpha value is -2.54. The van der Waals surface area contributed by atoms with Crippen molar-refractivity contribution in [2.24, 2.45) is 12.0 Å². The van der Waals surface area contributed by atoms with Gasteiger partial charge in [-0.2, -0.15) is 5.10 Å². The van der Waals surface area contributed by atoms with Crippen LogP contribution in [0, 0.1) is 13.8 Å². The summed E-state index contributed by atoms with van der Waals surface area (Å²) in [4.78, 5) is 21.2. The molecule has 1 fully saturated rings. The number of amides is 1. The molecule has 0 N–H and O–H groups in total. The number of anilines is 1. The summed E-state index contributed by atoms with van der Waals surface area (Å²) in [6, 6.07) is 8.36. The average Bonchev–Trinajstić information content (AvgIpc) is 3.07. The van der Waals surface area contributed by atoms with E-state index in [4.69, 9.17) is 0 Å². The number of rotatable bonds is 2. The topological polar surface area (TPSA) is 53.7 Å². The van der Waals surface area contributed by atoms with Gasteiger partial charge >= 0.3 is 0 Å². The molecule has 7 heteroatoms. The minimum absolute atomic E-state index is 0.0532. The van der Waals surface area contributed by atoms with Crippen molar-refractivity contribution in [1.29, 1.82) is 0 Å². The van der Waals surface area contributed by atoms with Crippen molar-refractivity contribution < 1.29 is 4.79 Å². The molecule has 2 aromatic rings. The molecular formula is C18H19N5OS. The van der Waals surface area contributed by atoms with E-state index in [1.807, 2.05) is 26.2 Å². The maximum atomic E-state index is 12.8. The van der Waals surface area contributed by atoms with Gasteiger partial charge in [-0.3, -0.25) is 14.4 Å². The van der Waals surface area contributed by atoms with Crippen LogP contribution in [0.15, 0.2) is 41.2 Å². The normalized spacial score (nSPS) is 18.8. The molecule has 25 heavy (non-hydrogen) atoms. The van der Waals surface area contributed by atoms with E-state index in [1.165, 1.54) is 5.56 Å². The van der Waals surface area contributed by atoms with Crippen molar-refractivity contribution in [2.75, 3.05) is 17.4 Å². The second-order valence-electron chi connectivity index (χ2n) is 6.29. The lowest BCUT2D eigenvalue weighted by molar-refractivity contribution is -0.122. The monoisotopic (exact) mass is 353 g/mol. The molecule has 0 spiro atoms. The van der Waals surface area contributed by atoms with Crippen molar-refractivity contribution in [3.05, 3.63) is 53.0 Å². The van der Waals surface area contributed by atoms with E-state index in [9.17, 15) is 4.79 Å². The van der Waals surface area contributed by atoms with Gasteiger partial charge in [-0.05, 0) is 32.1 Å². The molecule has 0 bridgehead atoms. The van der Waals surface area contributed by atoms with E-state index in [0.29, 0.717) is 12.4 Å². The number of nitrogens with zero attached hydrogens (tertiary/aromatic N) is 5. The molecule has 1 amide bonds. The Morgan fingerprint density at radius 3 is 2.64 bits per heavy atom. The molecule has 1 aromatic carbocycles. The summed E-state index contributed by atoms with van der Waals surface area (Å²) in [6.45, 7) is 4.53. The zero-order valence-electron chi connectivity index (χ0n) is 14.4. The van der Waals surface area contributed by atoms with Crippen LogP contribution in [0.1, 0.15) is 16.8 Å². The van der Waals surface area contributed by atoms with E-state index in [2.05, 4.69) is 46.2 Å². The van der Waals surface area contributed by atoms with Crippen LogP contribution in [0.3, 0.4) is 0 Å². The van der Waals surface area contributed by atoms with Crippen molar-refractivity contribution in [3.8, 4) is 0 Å². The number of amidine groups is 1. The van der Waals surface area contributed by atoms with Gasteiger partial charge in [0.25, 0.3) is 5.91 Å². The quantitative estimate of drug-likeness (QED) is 0.779. The lowest BCUT2D eigenvalue weighted by Crippen LogP contribution is -2.46. The summed E-state index contributed by atoms with van der Waals surface area (Å²) < 4.78 is 1.75. The highest BCUT2D eigenvalue weighted by atomic mass is 32.2. The third kappa shape index (κ3) is 2.95. The molecule has 0 unspecified atom stereocenters. The Morgan fingerprint density at radius 2 is 1.96 bits per heavy atom. The highest BCUT2D eigenvalue weighted by Crippen LogP contribution is 2.31. The van der Waals surface area contributed by atoms with Crippen LogP contribution in [0.25, 0.3) is 6.08 Å². The van der Waals surface area contributed by atoms with Crippen molar-refractivity contribution in [2.45, 2.75) is 13.8 Å². The lowest BCUT2D eigenvalue weighted by atomic mass is 10.2. The molecule has 2 aliphatic rings. The summed E-state index contributed by atoms with van der Waals surface area (Å²) >= 11 is 1.59. The standard InChI is InChI=1S/C18H19N5OS/c1-12-4-6-15(7-5-12)22-10-23-17(24)16(19-18(23)25-11-22)8-14-9-21(3)20-13(14)2/h4-9H,10-11H2,1-3H3/b16-8+. The predicted octanol–water partition coefficient (Wildman–Crippen LogP) is 2.74. The fraction of sp³-hybridized carbons (Fsp3) is 0.278. The smallest absolute Gasteiger partial charge is 0.280 e. The summed E-state index contributed by atoms with van der Waals surface area (Å²) in [5.41, 5.74) is 4.64. The molecular weight excluding hydrogens is 334 g/mol. The first kappa shape index (κ1) is 16.0. The Morgan fingerprint density at radius 1 is 1.20 bits per heavy atom. The molecule has 2 aliphatic heterocycles. The first-order valence-corrected chi connectivity index (χ1v) is 9.07. The minimum Gasteiger partial charge on any atom is -0.343 e. The number of hydrogen-bond acceptors (Lipinski definition) is 5. The zero-order chi connectivity index (χ0) is 17.6. The Balaban J connectivity index is 1.57. The third-order valence-electron chi connectivity index (χ3n) is 4.32. The maximum absolute atomic E-state index is 12.8. The van der Waals surface area contributed by atoms with E-state index in [0.717, 1.165) is 28.0 Å². The first-order chi connectivity index (χ1) is 12.0. The van der Waals surface area contributed by atoms with Gasteiger partial charge in [0.05, 0.1) is 11.6 Å². The maximum Gasteiger partial charge on any atom is 0.280 e. The number of aliphatic imine (C=N–C) groups is 1. The average molecular weight is 353 g/mol. The van der Waals surface area contributed by atoms with Gasteiger partial charge in [-0.25, -0.2) is 4.99 Å². The van der Waals surface area contributed by atoms with E-state index in [1.54, 1.807) is 21.3 Å². The van der Waals surface area contributed by atoms with Crippen LogP contribution in [0.5, 0.6) is 0 Å². The van der Waals surface area contributed by atoms with Crippen LogP contribution < -0.4 is 4.90 Å². The Labute approximate surface area is 150 Å². The van der Waals surface area contributed by atoms with Crippen molar-refractivity contribution >= 4 is 34.6 Å². The second kappa shape index (κ2) is 6.07. The lowest BCUT2D eigenvalue weighted by Gasteiger charge is -2.34. The van der Waals surface area contributed by atoms with Gasteiger partial charge in [-0.1, -0.05) is 29.5 Å². The Bertz CT molecular complexity index is 897. The number of thioether (sulfide) groups is 1. The summed E-state index contributed by atoms with van der Waals surface area (Å²) in [7, 11) is 1.87. The van der Waals surface area contributed by atoms with Crippen LogP contribution in [0.4, 0.5) is 5.69 Å². The van der Waals surface area contributed by atoms with Gasteiger partial charge < -0.3 is 4.90 Å². The van der Waals surface area contributed by atoms with Crippen LogP contribution in [-0.2, 0) is 11.8 Å². The zero-order valence-corrected chi connectivity index (χ0v) is 15.2. The fourth-order valence-corrected chi connectivity index (χ4v) is 3.89. The third-order valence-corrected chi connectivity index (χ3v) is 5.33. The number of fused-ring (bicyclic) bond motifs is 1. The molecule has 1 saturated heterocycles. The number of carbonyl (C=O) groups excluding carboxylic acids is 1. The minimum atomic E-state index is -0.0532. The molecule has 3 heterocycles. The molecule has 6 nitrogen and oxygen atoms in total. The molecule has 0 atom stereocenters. The molecule has 0 aliphatic carbocycles. The number of carbonyl (C=O) groups is 1. The van der Waals surface area contributed by atoms with Crippen LogP contribution in [-0.4, -0.2) is 38.3 Å². The van der Waals surface area contributed by atoms with E-state index in [-0.39, 0.29) is 5.91 Å². The number of aryl methyl sites for hydroxylation is 3. The first-order valence-electron chi connectivity index (χ1n) is 8.08. The molecule has 1 aromatic heterocycles. The highest BCUT2D eigenvalue weighted by molar-refractivity contribution is 8.14. The molecule has 0 radical (unpaired) electrons. The van der Waals surface area contributed by atoms with E-state index < -0.39 is 0 Å². The summed E-state index contributed by atoms with van der Waals surface area (Å²) in [5.74, 6) is 0.729. The number of aromatic nitrogens is 2. The fourth-order valence-electron chi connectivity index (χ4n) is 2.93. The second-order valence-corrected chi connectivity index (χ2v) is 7.20. The van der Waals surface area contributed by atoms with Crippen molar-refractivity contribution in [3.63, 3.8) is 0 Å². The molecule has 128 valence electrons. The number of hydrogen-bond donors (Lipinski definition) is 0.